The van der Waals surface area contributed by atoms with Crippen LogP contribution in [-0.4, -0.2) is 14.9 Å². The zero-order chi connectivity index (χ0) is 11.1. The van der Waals surface area contributed by atoms with Gasteiger partial charge in [-0.25, -0.2) is 0 Å². The average Bonchev–Trinajstić information content (AvgIpc) is 2.58. The molecule has 0 amide bonds. The van der Waals surface area contributed by atoms with Crippen LogP contribution in [0.2, 0.25) is 0 Å². The van der Waals surface area contributed by atoms with Gasteiger partial charge in [0.2, 0.25) is 0 Å². The van der Waals surface area contributed by atoms with E-state index in [1.807, 2.05) is 19.2 Å². The highest BCUT2D eigenvalue weighted by Gasteiger charge is 2.35. The average molecular weight is 206 g/mol. The highest BCUT2D eigenvalue weighted by molar-refractivity contribution is 5.23. The van der Waals surface area contributed by atoms with Gasteiger partial charge in [-0.15, -0.1) is 0 Å². The summed E-state index contributed by atoms with van der Waals surface area (Å²) in [5, 5.41) is 14.6. The lowest BCUT2D eigenvalue weighted by Crippen LogP contribution is -2.31. The molecule has 1 aromatic heterocycles. The Morgan fingerprint density at radius 2 is 2.07 bits per heavy atom. The minimum Gasteiger partial charge on any atom is -0.379 e. The van der Waals surface area contributed by atoms with Crippen LogP contribution >= 0.6 is 0 Å². The molecule has 1 atom stereocenters. The van der Waals surface area contributed by atoms with E-state index in [4.69, 9.17) is 0 Å². The molecule has 2 rings (SSSR count). The minimum atomic E-state index is -0.833. The molecule has 0 bridgehead atoms. The Labute approximate surface area is 90.4 Å². The Morgan fingerprint density at radius 1 is 1.33 bits per heavy atom. The van der Waals surface area contributed by atoms with Crippen LogP contribution in [0.1, 0.15) is 32.4 Å². The molecule has 0 fully saturated rings. The summed E-state index contributed by atoms with van der Waals surface area (Å²) in [6.45, 7) is 4.37. The van der Waals surface area contributed by atoms with Crippen molar-refractivity contribution in [1.82, 2.24) is 9.78 Å². The van der Waals surface area contributed by atoms with E-state index in [0.29, 0.717) is 0 Å². The van der Waals surface area contributed by atoms with Crippen LogP contribution in [0.5, 0.6) is 0 Å². The van der Waals surface area contributed by atoms with Gasteiger partial charge >= 0.3 is 0 Å². The Morgan fingerprint density at radius 3 is 2.53 bits per heavy atom. The Balaban J connectivity index is 2.35. The third-order valence-electron chi connectivity index (χ3n) is 3.23. The third kappa shape index (κ3) is 1.84. The van der Waals surface area contributed by atoms with Crippen molar-refractivity contribution in [2.75, 3.05) is 0 Å². The third-order valence-corrected chi connectivity index (χ3v) is 3.23. The first-order valence-corrected chi connectivity index (χ1v) is 5.34. The molecular weight excluding hydrogens is 188 g/mol. The Hall–Kier alpha value is -1.09. The fraction of sp³-hybridized carbons (Fsp3) is 0.583. The number of hydrogen-bond acceptors (Lipinski definition) is 2. The molecule has 1 aliphatic rings. The van der Waals surface area contributed by atoms with Crippen molar-refractivity contribution in [3.8, 4) is 0 Å². The van der Waals surface area contributed by atoms with Gasteiger partial charge in [-0.1, -0.05) is 26.0 Å². The summed E-state index contributed by atoms with van der Waals surface area (Å²) in [6.07, 6.45) is 7.49. The number of nitrogens with zero attached hydrogens (tertiary/aromatic N) is 2. The molecule has 1 unspecified atom stereocenters. The van der Waals surface area contributed by atoms with Gasteiger partial charge in [0.15, 0.2) is 0 Å². The van der Waals surface area contributed by atoms with E-state index >= 15 is 0 Å². The number of rotatable bonds is 1. The normalized spacial score (nSPS) is 29.3. The van der Waals surface area contributed by atoms with E-state index in [-0.39, 0.29) is 5.41 Å². The second-order valence-electron chi connectivity index (χ2n) is 5.09. The summed E-state index contributed by atoms with van der Waals surface area (Å²) in [4.78, 5) is 0. The van der Waals surface area contributed by atoms with Crippen LogP contribution < -0.4 is 0 Å². The van der Waals surface area contributed by atoms with Crippen molar-refractivity contribution >= 4 is 0 Å². The van der Waals surface area contributed by atoms with Gasteiger partial charge in [0, 0.05) is 13.2 Å². The summed E-state index contributed by atoms with van der Waals surface area (Å²) in [5.41, 5.74) is 0.236. The molecule has 1 aliphatic carbocycles. The van der Waals surface area contributed by atoms with E-state index in [1.165, 1.54) is 0 Å². The molecule has 0 radical (unpaired) electrons. The maximum Gasteiger partial charge on any atom is 0.124 e. The number of aromatic nitrogens is 2. The van der Waals surface area contributed by atoms with E-state index in [9.17, 15) is 5.11 Å². The molecule has 1 N–H and O–H groups in total. The van der Waals surface area contributed by atoms with Gasteiger partial charge in [0.05, 0.1) is 5.69 Å². The smallest absolute Gasteiger partial charge is 0.124 e. The first-order valence-electron chi connectivity index (χ1n) is 5.34. The van der Waals surface area contributed by atoms with Crippen molar-refractivity contribution in [3.63, 3.8) is 0 Å². The molecule has 1 aromatic rings. The van der Waals surface area contributed by atoms with E-state index in [0.717, 1.165) is 18.5 Å². The molecule has 82 valence electrons. The molecule has 3 nitrogen and oxygen atoms in total. The van der Waals surface area contributed by atoms with Gasteiger partial charge in [0.1, 0.15) is 5.60 Å². The highest BCUT2D eigenvalue weighted by Crippen LogP contribution is 2.39. The summed E-state index contributed by atoms with van der Waals surface area (Å²) in [5.74, 6) is 0. The van der Waals surface area contributed by atoms with E-state index in [1.54, 1.807) is 10.9 Å². The molecular formula is C12H18N2O. The quantitative estimate of drug-likeness (QED) is 0.713. The van der Waals surface area contributed by atoms with Crippen LogP contribution in [0.4, 0.5) is 0 Å². The van der Waals surface area contributed by atoms with Crippen LogP contribution in [0.3, 0.4) is 0 Å². The zero-order valence-corrected chi connectivity index (χ0v) is 9.57. The lowest BCUT2D eigenvalue weighted by Gasteiger charge is -2.34. The molecule has 0 saturated carbocycles. The Kier molecular flexibility index (Phi) is 2.23. The fourth-order valence-corrected chi connectivity index (χ4v) is 2.05. The number of aryl methyl sites for hydroxylation is 1. The predicted molar refractivity (Wildman–Crippen MR) is 59.3 cm³/mol. The van der Waals surface area contributed by atoms with Crippen molar-refractivity contribution in [3.05, 3.63) is 30.1 Å². The second kappa shape index (κ2) is 3.20. The topological polar surface area (TPSA) is 38.0 Å². The van der Waals surface area contributed by atoms with Gasteiger partial charge in [-0.2, -0.15) is 5.10 Å². The van der Waals surface area contributed by atoms with Crippen LogP contribution in [-0.2, 0) is 12.6 Å². The van der Waals surface area contributed by atoms with E-state index < -0.39 is 5.60 Å². The summed E-state index contributed by atoms with van der Waals surface area (Å²) in [6, 6.07) is 1.88. The Bertz CT molecular complexity index is 392. The fourth-order valence-electron chi connectivity index (χ4n) is 2.05. The summed E-state index contributed by atoms with van der Waals surface area (Å²) < 4.78 is 1.74. The molecule has 0 spiro atoms. The van der Waals surface area contributed by atoms with Crippen LogP contribution in [0.25, 0.3) is 0 Å². The lowest BCUT2D eigenvalue weighted by molar-refractivity contribution is 0.0502. The number of allylic oxidation sites excluding steroid dienone is 1. The van der Waals surface area contributed by atoms with Crippen LogP contribution in [0.15, 0.2) is 24.4 Å². The van der Waals surface area contributed by atoms with Crippen LogP contribution in [0, 0.1) is 5.41 Å². The van der Waals surface area contributed by atoms with Gasteiger partial charge in [-0.05, 0) is 24.3 Å². The van der Waals surface area contributed by atoms with Crippen molar-refractivity contribution in [2.24, 2.45) is 12.5 Å². The molecule has 0 saturated heterocycles. The number of hydrogen-bond donors (Lipinski definition) is 1. The van der Waals surface area contributed by atoms with Gasteiger partial charge in [0.25, 0.3) is 0 Å². The first-order chi connectivity index (χ1) is 6.93. The maximum absolute atomic E-state index is 10.5. The molecule has 0 aliphatic heterocycles. The SMILES string of the molecule is Cn1nccc1C1(O)C=CC(C)(C)CC1. The summed E-state index contributed by atoms with van der Waals surface area (Å²) >= 11 is 0. The zero-order valence-electron chi connectivity index (χ0n) is 9.57. The molecule has 3 heteroatoms. The van der Waals surface area contributed by atoms with Crippen molar-refractivity contribution in [2.45, 2.75) is 32.3 Å². The van der Waals surface area contributed by atoms with Crippen molar-refractivity contribution in [1.29, 1.82) is 0 Å². The molecule has 1 heterocycles. The first kappa shape index (κ1) is 10.4. The molecule has 0 aromatic carbocycles. The predicted octanol–water partition coefficient (Wildman–Crippen LogP) is 1.98. The summed E-state index contributed by atoms with van der Waals surface area (Å²) in [7, 11) is 1.86. The van der Waals surface area contributed by atoms with Gasteiger partial charge < -0.3 is 5.11 Å². The highest BCUT2D eigenvalue weighted by atomic mass is 16.3. The van der Waals surface area contributed by atoms with Gasteiger partial charge in [-0.3, -0.25) is 4.68 Å². The largest absolute Gasteiger partial charge is 0.379 e. The second-order valence-corrected chi connectivity index (χ2v) is 5.09. The maximum atomic E-state index is 10.5. The number of aliphatic hydroxyl groups is 1. The minimum absolute atomic E-state index is 0.199. The monoisotopic (exact) mass is 206 g/mol. The van der Waals surface area contributed by atoms with E-state index in [2.05, 4.69) is 25.0 Å². The lowest BCUT2D eigenvalue weighted by atomic mass is 9.75. The standard InChI is InChI=1S/C12H18N2O/c1-11(2)5-7-12(15,8-6-11)10-4-9-13-14(10)3/h4-5,7,9,15H,6,8H2,1-3H3. The molecule has 15 heavy (non-hydrogen) atoms. The van der Waals surface area contributed by atoms with Crippen molar-refractivity contribution < 1.29 is 5.11 Å².